The summed E-state index contributed by atoms with van der Waals surface area (Å²) in [6.45, 7) is 1.82. The molecule has 0 radical (unpaired) electrons. The molecular formula is C13H17NO4. The molecule has 5 nitrogen and oxygen atoms in total. The molecule has 0 N–H and O–H groups in total. The summed E-state index contributed by atoms with van der Waals surface area (Å²) < 4.78 is 15.3. The minimum Gasteiger partial charge on any atom is -0.493 e. The average Bonchev–Trinajstić information content (AvgIpc) is 2.81. The van der Waals surface area contributed by atoms with Crippen LogP contribution in [0.1, 0.15) is 5.56 Å². The number of nitrogens with zero attached hydrogens (tertiary/aromatic N) is 1. The Labute approximate surface area is 106 Å². The Morgan fingerprint density at radius 2 is 2.06 bits per heavy atom. The summed E-state index contributed by atoms with van der Waals surface area (Å²) in [6.07, 6.45) is 0.547. The Kier molecular flexibility index (Phi) is 3.92. The van der Waals surface area contributed by atoms with Crippen molar-refractivity contribution >= 4 is 6.09 Å². The highest BCUT2D eigenvalue weighted by Gasteiger charge is 2.21. The Morgan fingerprint density at radius 1 is 1.28 bits per heavy atom. The monoisotopic (exact) mass is 251 g/mol. The van der Waals surface area contributed by atoms with E-state index in [0.29, 0.717) is 31.2 Å². The second-order valence-electron chi connectivity index (χ2n) is 4.04. The number of cyclic esters (lactones) is 1. The predicted octanol–water partition coefficient (Wildman–Crippen LogP) is 1.70. The van der Waals surface area contributed by atoms with Crippen LogP contribution in [0.5, 0.6) is 11.5 Å². The van der Waals surface area contributed by atoms with Gasteiger partial charge in [0.1, 0.15) is 6.61 Å². The van der Waals surface area contributed by atoms with Gasteiger partial charge in [-0.1, -0.05) is 6.07 Å². The molecule has 1 aromatic carbocycles. The van der Waals surface area contributed by atoms with Gasteiger partial charge in [0.05, 0.1) is 20.8 Å². The number of methoxy groups -OCH3 is 2. The maximum atomic E-state index is 11.3. The van der Waals surface area contributed by atoms with Crippen LogP contribution < -0.4 is 9.47 Å². The van der Waals surface area contributed by atoms with Crippen molar-refractivity contribution in [3.63, 3.8) is 0 Å². The molecule has 1 saturated heterocycles. The fourth-order valence-electron chi connectivity index (χ4n) is 1.93. The first-order chi connectivity index (χ1) is 8.74. The molecule has 5 heteroatoms. The molecule has 1 amide bonds. The molecule has 1 aliphatic rings. The minimum absolute atomic E-state index is 0.226. The lowest BCUT2D eigenvalue weighted by Gasteiger charge is -2.13. The maximum Gasteiger partial charge on any atom is 0.409 e. The number of hydrogen-bond donors (Lipinski definition) is 0. The first kappa shape index (κ1) is 12.5. The summed E-state index contributed by atoms with van der Waals surface area (Å²) in [5.74, 6) is 1.42. The van der Waals surface area contributed by atoms with E-state index >= 15 is 0 Å². The summed E-state index contributed by atoms with van der Waals surface area (Å²) in [4.78, 5) is 13.0. The molecule has 0 unspecified atom stereocenters. The predicted molar refractivity (Wildman–Crippen MR) is 66.2 cm³/mol. The zero-order valence-electron chi connectivity index (χ0n) is 10.6. The summed E-state index contributed by atoms with van der Waals surface area (Å²) in [7, 11) is 3.22. The smallest absolute Gasteiger partial charge is 0.409 e. The van der Waals surface area contributed by atoms with Crippen molar-refractivity contribution in [2.75, 3.05) is 33.9 Å². The number of rotatable bonds is 5. The molecule has 0 aliphatic carbocycles. The van der Waals surface area contributed by atoms with Crippen LogP contribution >= 0.6 is 0 Å². The molecule has 2 rings (SSSR count). The number of amides is 1. The van der Waals surface area contributed by atoms with Gasteiger partial charge in [0, 0.05) is 6.54 Å². The summed E-state index contributed by atoms with van der Waals surface area (Å²) in [6, 6.07) is 5.78. The summed E-state index contributed by atoms with van der Waals surface area (Å²) >= 11 is 0. The fourth-order valence-corrected chi connectivity index (χ4v) is 1.93. The van der Waals surface area contributed by atoms with Crippen molar-refractivity contribution in [1.82, 2.24) is 4.90 Å². The molecule has 1 heterocycles. The van der Waals surface area contributed by atoms with Crippen LogP contribution in [0.4, 0.5) is 4.79 Å². The Balaban J connectivity index is 1.99. The second-order valence-corrected chi connectivity index (χ2v) is 4.04. The van der Waals surface area contributed by atoms with Crippen molar-refractivity contribution in [2.45, 2.75) is 6.42 Å². The minimum atomic E-state index is -0.226. The third-order valence-electron chi connectivity index (χ3n) is 2.96. The van der Waals surface area contributed by atoms with Gasteiger partial charge in [-0.15, -0.1) is 0 Å². The Bertz CT molecular complexity index is 433. The van der Waals surface area contributed by atoms with Gasteiger partial charge in [-0.3, -0.25) is 0 Å². The molecule has 1 fully saturated rings. The normalized spacial score (nSPS) is 14.6. The molecule has 0 saturated carbocycles. The average molecular weight is 251 g/mol. The van der Waals surface area contributed by atoms with E-state index < -0.39 is 0 Å². The fraction of sp³-hybridized carbons (Fsp3) is 0.462. The highest BCUT2D eigenvalue weighted by atomic mass is 16.6. The molecular weight excluding hydrogens is 234 g/mol. The summed E-state index contributed by atoms with van der Waals surface area (Å²) in [5.41, 5.74) is 1.10. The highest BCUT2D eigenvalue weighted by molar-refractivity contribution is 5.69. The van der Waals surface area contributed by atoms with Crippen molar-refractivity contribution in [2.24, 2.45) is 0 Å². The lowest BCUT2D eigenvalue weighted by Crippen LogP contribution is -2.26. The van der Waals surface area contributed by atoms with Crippen LogP contribution in [-0.2, 0) is 11.2 Å². The molecule has 98 valence electrons. The Morgan fingerprint density at radius 3 is 2.67 bits per heavy atom. The number of carbonyl (C=O) groups is 1. The number of ether oxygens (including phenoxy) is 3. The SMILES string of the molecule is COc1ccc(CCN2CCOC2=O)cc1OC. The van der Waals surface area contributed by atoms with Gasteiger partial charge in [0.15, 0.2) is 11.5 Å². The van der Waals surface area contributed by atoms with Crippen molar-refractivity contribution < 1.29 is 19.0 Å². The molecule has 0 spiro atoms. The van der Waals surface area contributed by atoms with E-state index in [1.54, 1.807) is 19.1 Å². The van der Waals surface area contributed by atoms with Crippen LogP contribution in [-0.4, -0.2) is 44.9 Å². The van der Waals surface area contributed by atoms with Gasteiger partial charge in [0.2, 0.25) is 0 Å². The maximum absolute atomic E-state index is 11.3. The van der Waals surface area contributed by atoms with E-state index in [1.165, 1.54) is 0 Å². The van der Waals surface area contributed by atoms with Crippen LogP contribution in [0, 0.1) is 0 Å². The van der Waals surface area contributed by atoms with Crippen molar-refractivity contribution in [3.05, 3.63) is 23.8 Å². The molecule has 1 aliphatic heterocycles. The lowest BCUT2D eigenvalue weighted by molar-refractivity contribution is 0.159. The van der Waals surface area contributed by atoms with Crippen molar-refractivity contribution in [1.29, 1.82) is 0 Å². The van der Waals surface area contributed by atoms with Gasteiger partial charge in [-0.05, 0) is 24.1 Å². The Hall–Kier alpha value is -1.91. The third kappa shape index (κ3) is 2.67. The van der Waals surface area contributed by atoms with E-state index in [2.05, 4.69) is 0 Å². The molecule has 18 heavy (non-hydrogen) atoms. The third-order valence-corrected chi connectivity index (χ3v) is 2.96. The number of benzene rings is 1. The van der Waals surface area contributed by atoms with Gasteiger partial charge < -0.3 is 19.1 Å². The molecule has 1 aromatic rings. The largest absolute Gasteiger partial charge is 0.493 e. The standard InChI is InChI=1S/C13H17NO4/c1-16-11-4-3-10(9-12(11)17-2)5-6-14-7-8-18-13(14)15/h3-4,9H,5-8H2,1-2H3. The zero-order valence-corrected chi connectivity index (χ0v) is 10.6. The van der Waals surface area contributed by atoms with Crippen molar-refractivity contribution in [3.8, 4) is 11.5 Å². The molecule has 0 atom stereocenters. The van der Waals surface area contributed by atoms with Gasteiger partial charge in [-0.25, -0.2) is 4.79 Å². The van der Waals surface area contributed by atoms with Gasteiger partial charge >= 0.3 is 6.09 Å². The highest BCUT2D eigenvalue weighted by Crippen LogP contribution is 2.27. The number of hydrogen-bond acceptors (Lipinski definition) is 4. The quantitative estimate of drug-likeness (QED) is 0.799. The van der Waals surface area contributed by atoms with Crippen LogP contribution in [0.25, 0.3) is 0 Å². The van der Waals surface area contributed by atoms with E-state index in [1.807, 2.05) is 18.2 Å². The van der Waals surface area contributed by atoms with Crippen LogP contribution in [0.3, 0.4) is 0 Å². The second kappa shape index (κ2) is 5.62. The first-order valence-electron chi connectivity index (χ1n) is 5.87. The van der Waals surface area contributed by atoms with E-state index in [4.69, 9.17) is 14.2 Å². The van der Waals surface area contributed by atoms with Crippen LogP contribution in [0.15, 0.2) is 18.2 Å². The van der Waals surface area contributed by atoms with E-state index in [9.17, 15) is 4.79 Å². The van der Waals surface area contributed by atoms with Gasteiger partial charge in [-0.2, -0.15) is 0 Å². The molecule has 0 aromatic heterocycles. The summed E-state index contributed by atoms with van der Waals surface area (Å²) in [5, 5.41) is 0. The van der Waals surface area contributed by atoms with Crippen LogP contribution in [0.2, 0.25) is 0 Å². The molecule has 0 bridgehead atoms. The van der Waals surface area contributed by atoms with Gasteiger partial charge in [0.25, 0.3) is 0 Å². The zero-order chi connectivity index (χ0) is 13.0. The lowest BCUT2D eigenvalue weighted by atomic mass is 10.1. The van der Waals surface area contributed by atoms with E-state index in [-0.39, 0.29) is 6.09 Å². The first-order valence-corrected chi connectivity index (χ1v) is 5.87. The number of carbonyl (C=O) groups excluding carboxylic acids is 1. The van der Waals surface area contributed by atoms with E-state index in [0.717, 1.165) is 12.0 Å². The topological polar surface area (TPSA) is 48.0 Å².